The van der Waals surface area contributed by atoms with Crippen molar-refractivity contribution in [3.63, 3.8) is 0 Å². The summed E-state index contributed by atoms with van der Waals surface area (Å²) >= 11 is 0. The van der Waals surface area contributed by atoms with Gasteiger partial charge in [-0.15, -0.1) is 0 Å². The number of rotatable bonds is 11. The van der Waals surface area contributed by atoms with Crippen LogP contribution in [0.3, 0.4) is 0 Å². The van der Waals surface area contributed by atoms with Gasteiger partial charge in [0.15, 0.2) is 5.96 Å². The van der Waals surface area contributed by atoms with E-state index in [1.165, 1.54) is 0 Å². The van der Waals surface area contributed by atoms with Crippen molar-refractivity contribution in [2.75, 3.05) is 53.1 Å². The summed E-state index contributed by atoms with van der Waals surface area (Å²) in [5, 5.41) is 3.34. The maximum Gasteiger partial charge on any atom is 0.305 e. The molecule has 25 heavy (non-hydrogen) atoms. The van der Waals surface area contributed by atoms with Gasteiger partial charge in [0.05, 0.1) is 12.7 Å². The number of nitrogens with zero attached hydrogens (tertiary/aromatic N) is 2. The monoisotopic (exact) mass is 357 g/mol. The summed E-state index contributed by atoms with van der Waals surface area (Å²) in [6, 6.07) is 0. The Bertz CT molecular complexity index is 383. The van der Waals surface area contributed by atoms with Crippen LogP contribution in [0, 0.1) is 0 Å². The quantitative estimate of drug-likeness (QED) is 0.263. The fourth-order valence-electron chi connectivity index (χ4n) is 2.75. The van der Waals surface area contributed by atoms with E-state index in [2.05, 4.69) is 22.1 Å². The van der Waals surface area contributed by atoms with E-state index in [0.29, 0.717) is 32.1 Å². The number of methoxy groups -OCH3 is 1. The van der Waals surface area contributed by atoms with E-state index < -0.39 is 0 Å². The van der Waals surface area contributed by atoms with Crippen molar-refractivity contribution in [2.24, 2.45) is 4.99 Å². The topological polar surface area (TPSA) is 72.4 Å². The lowest BCUT2D eigenvalue weighted by Gasteiger charge is -2.34. The molecule has 0 aromatic carbocycles. The Morgan fingerprint density at radius 3 is 2.60 bits per heavy atom. The number of hydrogen-bond donors (Lipinski definition) is 1. The fourth-order valence-corrected chi connectivity index (χ4v) is 2.75. The smallest absolute Gasteiger partial charge is 0.305 e. The molecule has 0 aliphatic carbocycles. The van der Waals surface area contributed by atoms with Gasteiger partial charge in [-0.1, -0.05) is 0 Å². The Hall–Kier alpha value is -1.34. The van der Waals surface area contributed by atoms with Crippen LogP contribution in [0.1, 0.15) is 46.0 Å². The zero-order chi connectivity index (χ0) is 18.3. The first-order chi connectivity index (χ1) is 12.2. The van der Waals surface area contributed by atoms with Crippen LogP contribution in [-0.2, 0) is 19.0 Å². The molecule has 0 saturated carbocycles. The molecule has 1 rings (SSSR count). The summed E-state index contributed by atoms with van der Waals surface area (Å²) in [5.41, 5.74) is 0. The molecular weight excluding hydrogens is 322 g/mol. The SMILES string of the molecule is CCNC(=NCCCC(=O)OCC)N1CCC(OCCCOC)CC1. The van der Waals surface area contributed by atoms with Crippen molar-refractivity contribution in [1.29, 1.82) is 0 Å². The van der Waals surface area contributed by atoms with Gasteiger partial charge in [0.1, 0.15) is 0 Å². The van der Waals surface area contributed by atoms with Crippen molar-refractivity contribution < 1.29 is 19.0 Å². The molecule has 1 heterocycles. The normalized spacial score (nSPS) is 16.1. The van der Waals surface area contributed by atoms with Crippen LogP contribution >= 0.6 is 0 Å². The molecule has 7 nitrogen and oxygen atoms in total. The van der Waals surface area contributed by atoms with Gasteiger partial charge >= 0.3 is 5.97 Å². The number of hydrogen-bond acceptors (Lipinski definition) is 5. The van der Waals surface area contributed by atoms with E-state index in [1.807, 2.05) is 6.92 Å². The first kappa shape index (κ1) is 21.7. The van der Waals surface area contributed by atoms with E-state index in [-0.39, 0.29) is 5.97 Å². The van der Waals surface area contributed by atoms with Gasteiger partial charge < -0.3 is 24.4 Å². The minimum Gasteiger partial charge on any atom is -0.466 e. The summed E-state index contributed by atoms with van der Waals surface area (Å²) in [6.45, 7) is 9.20. The Balaban J connectivity index is 2.31. The van der Waals surface area contributed by atoms with E-state index in [0.717, 1.165) is 58.1 Å². The lowest BCUT2D eigenvalue weighted by atomic mass is 10.1. The third-order valence-corrected chi connectivity index (χ3v) is 4.03. The van der Waals surface area contributed by atoms with Crippen LogP contribution in [0.15, 0.2) is 4.99 Å². The molecular formula is C18H35N3O4. The molecule has 0 amide bonds. The standard InChI is InChI=1S/C18H35N3O4/c1-4-19-18(20-11-6-8-17(22)24-5-2)21-12-9-16(10-13-21)25-15-7-14-23-3/h16H,4-15H2,1-3H3,(H,19,20). The summed E-state index contributed by atoms with van der Waals surface area (Å²) < 4.78 is 15.9. The molecule has 1 N–H and O–H groups in total. The molecule has 0 bridgehead atoms. The number of carbonyl (C=O) groups excluding carboxylic acids is 1. The van der Waals surface area contributed by atoms with Gasteiger partial charge in [0.25, 0.3) is 0 Å². The molecule has 0 aromatic rings. The predicted octanol–water partition coefficient (Wildman–Crippen LogP) is 1.81. The minimum atomic E-state index is -0.144. The number of nitrogens with one attached hydrogen (secondary N) is 1. The van der Waals surface area contributed by atoms with Gasteiger partial charge in [-0.05, 0) is 39.5 Å². The van der Waals surface area contributed by atoms with Crippen molar-refractivity contribution >= 4 is 11.9 Å². The third kappa shape index (κ3) is 9.65. The highest BCUT2D eigenvalue weighted by molar-refractivity contribution is 5.80. The maximum absolute atomic E-state index is 11.4. The second-order valence-electron chi connectivity index (χ2n) is 6.05. The Morgan fingerprint density at radius 1 is 1.20 bits per heavy atom. The molecule has 0 aromatic heterocycles. The van der Waals surface area contributed by atoms with Crippen LogP contribution in [0.25, 0.3) is 0 Å². The number of guanidine groups is 1. The highest BCUT2D eigenvalue weighted by Crippen LogP contribution is 2.14. The lowest BCUT2D eigenvalue weighted by molar-refractivity contribution is -0.143. The molecule has 1 aliphatic heterocycles. The van der Waals surface area contributed by atoms with Gasteiger partial charge in [-0.3, -0.25) is 9.79 Å². The van der Waals surface area contributed by atoms with Gasteiger partial charge in [-0.2, -0.15) is 0 Å². The van der Waals surface area contributed by atoms with Gasteiger partial charge in [0.2, 0.25) is 0 Å². The minimum absolute atomic E-state index is 0.144. The second kappa shape index (κ2) is 13.9. The summed E-state index contributed by atoms with van der Waals surface area (Å²) in [6.07, 6.45) is 4.45. The molecule has 1 aliphatic rings. The van der Waals surface area contributed by atoms with Crippen LogP contribution < -0.4 is 5.32 Å². The first-order valence-electron chi connectivity index (χ1n) is 9.50. The molecule has 7 heteroatoms. The second-order valence-corrected chi connectivity index (χ2v) is 6.05. The number of esters is 1. The average molecular weight is 357 g/mol. The van der Waals surface area contributed by atoms with E-state index in [4.69, 9.17) is 14.2 Å². The Kier molecular flexibility index (Phi) is 12.1. The van der Waals surface area contributed by atoms with Crippen molar-refractivity contribution in [3.05, 3.63) is 0 Å². The number of carbonyl (C=O) groups is 1. The molecule has 0 radical (unpaired) electrons. The van der Waals surface area contributed by atoms with Crippen LogP contribution in [0.2, 0.25) is 0 Å². The molecule has 0 atom stereocenters. The predicted molar refractivity (Wildman–Crippen MR) is 98.9 cm³/mol. The van der Waals surface area contributed by atoms with Gasteiger partial charge in [-0.25, -0.2) is 0 Å². The fraction of sp³-hybridized carbons (Fsp3) is 0.889. The highest BCUT2D eigenvalue weighted by atomic mass is 16.5. The average Bonchev–Trinajstić information content (AvgIpc) is 2.62. The number of ether oxygens (including phenoxy) is 3. The first-order valence-corrected chi connectivity index (χ1v) is 9.50. The molecule has 0 spiro atoms. The summed E-state index contributed by atoms with van der Waals surface area (Å²) in [7, 11) is 1.72. The molecule has 0 unspecified atom stereocenters. The van der Waals surface area contributed by atoms with Crippen molar-refractivity contribution in [3.8, 4) is 0 Å². The molecule has 1 fully saturated rings. The Labute approximate surface area is 152 Å². The zero-order valence-corrected chi connectivity index (χ0v) is 16.1. The molecule has 146 valence electrons. The number of aliphatic imine (C=N–C) groups is 1. The van der Waals surface area contributed by atoms with E-state index >= 15 is 0 Å². The maximum atomic E-state index is 11.4. The van der Waals surface area contributed by atoms with E-state index in [9.17, 15) is 4.79 Å². The highest BCUT2D eigenvalue weighted by Gasteiger charge is 2.21. The van der Waals surface area contributed by atoms with Gasteiger partial charge in [0, 0.05) is 52.9 Å². The number of likely N-dealkylation sites (tertiary alicyclic amines) is 1. The summed E-state index contributed by atoms with van der Waals surface area (Å²) in [5.74, 6) is 0.790. The largest absolute Gasteiger partial charge is 0.466 e. The third-order valence-electron chi connectivity index (χ3n) is 4.03. The summed E-state index contributed by atoms with van der Waals surface area (Å²) in [4.78, 5) is 18.3. The zero-order valence-electron chi connectivity index (χ0n) is 16.1. The number of piperidine rings is 1. The van der Waals surface area contributed by atoms with Crippen LogP contribution in [-0.4, -0.2) is 76.0 Å². The Morgan fingerprint density at radius 2 is 1.96 bits per heavy atom. The van der Waals surface area contributed by atoms with Crippen LogP contribution in [0.5, 0.6) is 0 Å². The lowest BCUT2D eigenvalue weighted by Crippen LogP contribution is -2.47. The molecule has 1 saturated heterocycles. The van der Waals surface area contributed by atoms with Crippen molar-refractivity contribution in [2.45, 2.75) is 52.1 Å². The van der Waals surface area contributed by atoms with E-state index in [1.54, 1.807) is 7.11 Å². The van der Waals surface area contributed by atoms with Crippen molar-refractivity contribution in [1.82, 2.24) is 10.2 Å². The van der Waals surface area contributed by atoms with Crippen LogP contribution in [0.4, 0.5) is 0 Å².